The highest BCUT2D eigenvalue weighted by Crippen LogP contribution is 2.22. The lowest BCUT2D eigenvalue weighted by Gasteiger charge is -2.16. The fourth-order valence-corrected chi connectivity index (χ4v) is 2.81. The van der Waals surface area contributed by atoms with Crippen molar-refractivity contribution >= 4 is 23.5 Å². The molecule has 1 N–H and O–H groups in total. The van der Waals surface area contributed by atoms with Crippen LogP contribution >= 0.6 is 0 Å². The number of carbonyl (C=O) groups excluding carboxylic acids is 1. The summed E-state index contributed by atoms with van der Waals surface area (Å²) in [5.41, 5.74) is 2.08. The van der Waals surface area contributed by atoms with Crippen molar-refractivity contribution < 1.29 is 4.79 Å². The average Bonchev–Trinajstić information content (AvgIpc) is 3.06. The maximum absolute atomic E-state index is 11.8. The van der Waals surface area contributed by atoms with E-state index in [-0.39, 0.29) is 11.8 Å². The molecule has 0 radical (unpaired) electrons. The fraction of sp³-hybridized carbons (Fsp3) is 0.474. The minimum Gasteiger partial charge on any atom is -0.350 e. The maximum atomic E-state index is 11.8. The molecule has 1 aromatic carbocycles. The van der Waals surface area contributed by atoms with Gasteiger partial charge in [-0.1, -0.05) is 26.0 Å². The first kappa shape index (κ1) is 18.1. The van der Waals surface area contributed by atoms with E-state index < -0.39 is 0 Å². The van der Waals surface area contributed by atoms with Crippen molar-refractivity contribution in [2.24, 2.45) is 0 Å². The van der Waals surface area contributed by atoms with Gasteiger partial charge in [0.15, 0.2) is 0 Å². The first-order chi connectivity index (χ1) is 12.4. The van der Waals surface area contributed by atoms with Crippen molar-refractivity contribution in [3.05, 3.63) is 35.7 Å². The lowest BCUT2D eigenvalue weighted by molar-refractivity contribution is -0.117. The summed E-state index contributed by atoms with van der Waals surface area (Å²) in [7, 11) is 3.84. The predicted octanol–water partition coefficient (Wildman–Crippen LogP) is 2.80. The number of hydrogen-bond acceptors (Lipinski definition) is 6. The molecule has 1 fully saturated rings. The van der Waals surface area contributed by atoms with Crippen LogP contribution in [0.2, 0.25) is 0 Å². The zero-order valence-electron chi connectivity index (χ0n) is 15.9. The summed E-state index contributed by atoms with van der Waals surface area (Å²) in [6.45, 7) is 5.56. The van der Waals surface area contributed by atoms with Crippen LogP contribution in [-0.2, 0) is 11.3 Å². The Morgan fingerprint density at radius 2 is 1.88 bits per heavy atom. The van der Waals surface area contributed by atoms with E-state index in [2.05, 4.69) is 34.1 Å². The number of amides is 1. The quantitative estimate of drug-likeness (QED) is 0.860. The number of anilines is 3. The summed E-state index contributed by atoms with van der Waals surface area (Å²) >= 11 is 0. The van der Waals surface area contributed by atoms with E-state index in [9.17, 15) is 4.79 Å². The van der Waals surface area contributed by atoms with E-state index in [0.717, 1.165) is 30.0 Å². The van der Waals surface area contributed by atoms with Crippen molar-refractivity contribution in [1.82, 2.24) is 15.0 Å². The number of carbonyl (C=O) groups is 1. The summed E-state index contributed by atoms with van der Waals surface area (Å²) < 4.78 is 0. The second-order valence-electron chi connectivity index (χ2n) is 7.04. The lowest BCUT2D eigenvalue weighted by atomic mass is 10.2. The minimum atomic E-state index is 0.207. The van der Waals surface area contributed by atoms with Gasteiger partial charge >= 0.3 is 0 Å². The standard InChI is InChI=1S/C19H26N6O/c1-13(2)17-21-18(23-19(22-17)24(3)4)20-12-14-7-9-15(10-8-14)25-11-5-6-16(25)26/h7-10,13H,5-6,11-12H2,1-4H3,(H,20,21,22,23). The minimum absolute atomic E-state index is 0.207. The fourth-order valence-electron chi connectivity index (χ4n) is 2.81. The van der Waals surface area contributed by atoms with Gasteiger partial charge in [0, 0.05) is 45.2 Å². The molecule has 1 amide bonds. The summed E-state index contributed by atoms with van der Waals surface area (Å²) in [5.74, 6) is 2.43. The molecule has 3 rings (SSSR count). The highest BCUT2D eigenvalue weighted by molar-refractivity contribution is 5.95. The second kappa shape index (κ2) is 7.68. The van der Waals surface area contributed by atoms with Gasteiger partial charge in [-0.3, -0.25) is 4.79 Å². The Kier molecular flexibility index (Phi) is 5.35. The van der Waals surface area contributed by atoms with Crippen LogP contribution in [0.15, 0.2) is 24.3 Å². The van der Waals surface area contributed by atoms with Crippen LogP contribution in [0.5, 0.6) is 0 Å². The van der Waals surface area contributed by atoms with Crippen LogP contribution in [0.1, 0.15) is 44.0 Å². The van der Waals surface area contributed by atoms with Crippen molar-refractivity contribution in [2.75, 3.05) is 35.8 Å². The molecule has 7 nitrogen and oxygen atoms in total. The molecule has 0 unspecified atom stereocenters. The highest BCUT2D eigenvalue weighted by Gasteiger charge is 2.21. The van der Waals surface area contributed by atoms with Gasteiger partial charge in [-0.15, -0.1) is 0 Å². The molecule has 1 aliphatic rings. The molecule has 26 heavy (non-hydrogen) atoms. The molecule has 0 saturated carbocycles. The van der Waals surface area contributed by atoms with Crippen LogP contribution in [0, 0.1) is 0 Å². The third-order valence-electron chi connectivity index (χ3n) is 4.33. The predicted molar refractivity (Wildman–Crippen MR) is 104 cm³/mol. The van der Waals surface area contributed by atoms with E-state index in [1.807, 2.05) is 48.2 Å². The molecule has 7 heteroatoms. The van der Waals surface area contributed by atoms with E-state index in [1.54, 1.807) is 0 Å². The lowest BCUT2D eigenvalue weighted by Crippen LogP contribution is -2.23. The highest BCUT2D eigenvalue weighted by atomic mass is 16.2. The van der Waals surface area contributed by atoms with Crippen molar-refractivity contribution in [3.63, 3.8) is 0 Å². The summed E-state index contributed by atoms with van der Waals surface area (Å²) in [6.07, 6.45) is 1.59. The number of nitrogens with one attached hydrogen (secondary N) is 1. The maximum Gasteiger partial charge on any atom is 0.229 e. The van der Waals surface area contributed by atoms with Gasteiger partial charge in [-0.25, -0.2) is 0 Å². The number of nitrogens with zero attached hydrogens (tertiary/aromatic N) is 5. The normalized spacial score (nSPS) is 14.2. The van der Waals surface area contributed by atoms with E-state index in [1.165, 1.54) is 0 Å². The zero-order chi connectivity index (χ0) is 18.7. The topological polar surface area (TPSA) is 74.2 Å². The molecule has 0 atom stereocenters. The molecule has 1 aromatic heterocycles. The van der Waals surface area contributed by atoms with Crippen molar-refractivity contribution in [3.8, 4) is 0 Å². The van der Waals surface area contributed by atoms with Gasteiger partial charge in [0.2, 0.25) is 17.8 Å². The van der Waals surface area contributed by atoms with Crippen molar-refractivity contribution in [2.45, 2.75) is 39.2 Å². The largest absolute Gasteiger partial charge is 0.350 e. The Balaban J connectivity index is 1.69. The van der Waals surface area contributed by atoms with Gasteiger partial charge in [0.1, 0.15) is 5.82 Å². The number of hydrogen-bond donors (Lipinski definition) is 1. The summed E-state index contributed by atoms with van der Waals surface area (Å²) in [4.78, 5) is 29.0. The monoisotopic (exact) mass is 354 g/mol. The molecular weight excluding hydrogens is 328 g/mol. The van der Waals surface area contributed by atoms with Gasteiger partial charge in [-0.05, 0) is 24.1 Å². The van der Waals surface area contributed by atoms with Crippen LogP contribution in [0.3, 0.4) is 0 Å². The average molecular weight is 354 g/mol. The Labute approximate surface area is 154 Å². The summed E-state index contributed by atoms with van der Waals surface area (Å²) in [6, 6.07) is 8.06. The molecule has 0 bridgehead atoms. The number of rotatable bonds is 6. The van der Waals surface area contributed by atoms with Gasteiger partial charge in [-0.2, -0.15) is 15.0 Å². The Bertz CT molecular complexity index is 746. The first-order valence-corrected chi connectivity index (χ1v) is 9.00. The molecule has 2 aromatic rings. The molecule has 1 aliphatic heterocycles. The second-order valence-corrected chi connectivity index (χ2v) is 7.04. The summed E-state index contributed by atoms with van der Waals surface area (Å²) in [5, 5.41) is 3.28. The first-order valence-electron chi connectivity index (χ1n) is 9.00. The van der Waals surface area contributed by atoms with Crippen LogP contribution in [0.25, 0.3) is 0 Å². The molecule has 0 spiro atoms. The van der Waals surface area contributed by atoms with Crippen molar-refractivity contribution in [1.29, 1.82) is 0 Å². The number of aromatic nitrogens is 3. The Morgan fingerprint density at radius 1 is 1.15 bits per heavy atom. The van der Waals surface area contributed by atoms with Gasteiger partial charge in [0.25, 0.3) is 0 Å². The number of benzene rings is 1. The SMILES string of the molecule is CC(C)c1nc(NCc2ccc(N3CCCC3=O)cc2)nc(N(C)C)n1. The van der Waals surface area contributed by atoms with E-state index in [4.69, 9.17) is 0 Å². The van der Waals surface area contributed by atoms with Gasteiger partial charge in [0.05, 0.1) is 0 Å². The smallest absolute Gasteiger partial charge is 0.229 e. The van der Waals surface area contributed by atoms with Gasteiger partial charge < -0.3 is 15.1 Å². The Morgan fingerprint density at radius 3 is 2.46 bits per heavy atom. The third kappa shape index (κ3) is 4.09. The molecular formula is C19H26N6O. The Hall–Kier alpha value is -2.70. The zero-order valence-corrected chi connectivity index (χ0v) is 15.9. The third-order valence-corrected chi connectivity index (χ3v) is 4.33. The van der Waals surface area contributed by atoms with E-state index in [0.29, 0.717) is 24.9 Å². The van der Waals surface area contributed by atoms with E-state index >= 15 is 0 Å². The van der Waals surface area contributed by atoms with Crippen LogP contribution in [-0.4, -0.2) is 41.5 Å². The molecule has 1 saturated heterocycles. The van der Waals surface area contributed by atoms with Crippen LogP contribution in [0.4, 0.5) is 17.6 Å². The van der Waals surface area contributed by atoms with Crippen LogP contribution < -0.4 is 15.1 Å². The molecule has 138 valence electrons. The molecule has 0 aliphatic carbocycles. The molecule has 2 heterocycles.